The van der Waals surface area contributed by atoms with E-state index in [4.69, 9.17) is 9.47 Å². The molecule has 0 aliphatic carbocycles. The molecule has 0 saturated carbocycles. The Morgan fingerprint density at radius 2 is 1.79 bits per heavy atom. The van der Waals surface area contributed by atoms with Gasteiger partial charge in [0.15, 0.2) is 11.5 Å². The normalized spacial score (nSPS) is 11.6. The summed E-state index contributed by atoms with van der Waals surface area (Å²) in [4.78, 5) is 10.4. The SMILES string of the molecule is COc1cc(/C=C(\C#N)c2ccc(C)cc2)cc(Br)c1Oc1ccc(C(F)(F)F)cc1[N+](=O)[O-]. The molecule has 0 amide bonds. The number of benzene rings is 3. The Morgan fingerprint density at radius 1 is 1.12 bits per heavy atom. The van der Waals surface area contributed by atoms with Gasteiger partial charge in [0.2, 0.25) is 5.75 Å². The number of aryl methyl sites for hydroxylation is 1. The maximum atomic E-state index is 13.0. The summed E-state index contributed by atoms with van der Waals surface area (Å²) < 4.78 is 50.2. The number of rotatable bonds is 6. The third kappa shape index (κ3) is 5.55. The van der Waals surface area contributed by atoms with Crippen molar-refractivity contribution in [3.05, 3.63) is 91.4 Å². The highest BCUT2D eigenvalue weighted by atomic mass is 79.9. The first-order valence-corrected chi connectivity index (χ1v) is 10.4. The number of hydrogen-bond acceptors (Lipinski definition) is 5. The fourth-order valence-electron chi connectivity index (χ4n) is 3.03. The van der Waals surface area contributed by atoms with Crippen molar-refractivity contribution in [1.29, 1.82) is 5.26 Å². The van der Waals surface area contributed by atoms with Crippen molar-refractivity contribution in [2.75, 3.05) is 7.11 Å². The average molecular weight is 533 g/mol. The first kappa shape index (κ1) is 24.8. The third-order valence-corrected chi connectivity index (χ3v) is 5.33. The van der Waals surface area contributed by atoms with Crippen molar-refractivity contribution in [3.63, 3.8) is 0 Å². The van der Waals surface area contributed by atoms with E-state index in [0.717, 1.165) is 11.6 Å². The lowest BCUT2D eigenvalue weighted by atomic mass is 10.0. The molecule has 0 unspecified atom stereocenters. The predicted molar refractivity (Wildman–Crippen MR) is 124 cm³/mol. The van der Waals surface area contributed by atoms with E-state index in [2.05, 4.69) is 22.0 Å². The molecular formula is C24H16BrF3N2O4. The van der Waals surface area contributed by atoms with E-state index >= 15 is 0 Å². The fraction of sp³-hybridized carbons (Fsp3) is 0.125. The Morgan fingerprint density at radius 3 is 2.35 bits per heavy atom. The molecule has 0 aliphatic rings. The zero-order valence-electron chi connectivity index (χ0n) is 17.8. The van der Waals surface area contributed by atoms with Crippen LogP contribution in [0.3, 0.4) is 0 Å². The number of alkyl halides is 3. The van der Waals surface area contributed by atoms with Crippen LogP contribution in [0.1, 0.15) is 22.3 Å². The van der Waals surface area contributed by atoms with Gasteiger partial charge in [-0.15, -0.1) is 0 Å². The number of ether oxygens (including phenoxy) is 2. The molecule has 0 saturated heterocycles. The summed E-state index contributed by atoms with van der Waals surface area (Å²) >= 11 is 3.31. The minimum atomic E-state index is -4.74. The van der Waals surface area contributed by atoms with Crippen molar-refractivity contribution in [3.8, 4) is 23.3 Å². The molecule has 174 valence electrons. The van der Waals surface area contributed by atoms with E-state index in [9.17, 15) is 28.5 Å². The van der Waals surface area contributed by atoms with Crippen molar-refractivity contribution < 1.29 is 27.6 Å². The van der Waals surface area contributed by atoms with Gasteiger partial charge in [0.1, 0.15) is 0 Å². The number of nitro groups is 1. The van der Waals surface area contributed by atoms with Gasteiger partial charge in [0, 0.05) is 6.07 Å². The molecule has 0 spiro atoms. The lowest BCUT2D eigenvalue weighted by Crippen LogP contribution is -2.06. The maximum absolute atomic E-state index is 13.0. The molecule has 0 bridgehead atoms. The Bertz CT molecular complexity index is 1310. The van der Waals surface area contributed by atoms with Gasteiger partial charge in [-0.2, -0.15) is 18.4 Å². The fourth-order valence-corrected chi connectivity index (χ4v) is 3.58. The summed E-state index contributed by atoms with van der Waals surface area (Å²) in [5.41, 5.74) is 0.696. The molecular weight excluding hydrogens is 517 g/mol. The smallest absolute Gasteiger partial charge is 0.416 e. The Balaban J connectivity index is 2.03. The van der Waals surface area contributed by atoms with Crippen LogP contribution in [-0.4, -0.2) is 12.0 Å². The van der Waals surface area contributed by atoms with Gasteiger partial charge in [-0.1, -0.05) is 29.8 Å². The van der Waals surface area contributed by atoms with Crippen LogP contribution in [0, 0.1) is 28.4 Å². The number of halogens is 4. The highest BCUT2D eigenvalue weighted by molar-refractivity contribution is 9.10. The highest BCUT2D eigenvalue weighted by Crippen LogP contribution is 2.44. The van der Waals surface area contributed by atoms with Crippen LogP contribution in [0.4, 0.5) is 18.9 Å². The summed E-state index contributed by atoms with van der Waals surface area (Å²) in [6.45, 7) is 1.93. The Kier molecular flexibility index (Phi) is 7.27. The molecule has 3 aromatic carbocycles. The van der Waals surface area contributed by atoms with Gasteiger partial charge in [0.25, 0.3) is 0 Å². The zero-order valence-corrected chi connectivity index (χ0v) is 19.4. The lowest BCUT2D eigenvalue weighted by molar-refractivity contribution is -0.385. The summed E-state index contributed by atoms with van der Waals surface area (Å²) in [5, 5.41) is 21.0. The van der Waals surface area contributed by atoms with E-state index in [1.54, 1.807) is 18.2 Å². The Hall–Kier alpha value is -3.84. The number of methoxy groups -OCH3 is 1. The molecule has 3 aromatic rings. The van der Waals surface area contributed by atoms with Gasteiger partial charge < -0.3 is 9.47 Å². The largest absolute Gasteiger partial charge is 0.493 e. The quantitative estimate of drug-likeness (QED) is 0.141. The second-order valence-corrected chi connectivity index (χ2v) is 7.96. The zero-order chi connectivity index (χ0) is 25.0. The summed E-state index contributed by atoms with van der Waals surface area (Å²) in [5.74, 6) is -0.218. The maximum Gasteiger partial charge on any atom is 0.416 e. The van der Waals surface area contributed by atoms with Crippen LogP contribution < -0.4 is 9.47 Å². The van der Waals surface area contributed by atoms with Gasteiger partial charge in [-0.05, 0) is 64.3 Å². The van der Waals surface area contributed by atoms with Crippen molar-refractivity contribution in [2.45, 2.75) is 13.1 Å². The monoisotopic (exact) mass is 532 g/mol. The summed E-state index contributed by atoms with van der Waals surface area (Å²) in [6.07, 6.45) is -3.12. The van der Waals surface area contributed by atoms with Crippen LogP contribution in [0.25, 0.3) is 11.6 Å². The highest BCUT2D eigenvalue weighted by Gasteiger charge is 2.33. The third-order valence-electron chi connectivity index (χ3n) is 4.74. The number of allylic oxidation sites excluding steroid dienone is 1. The molecule has 0 atom stereocenters. The minimum Gasteiger partial charge on any atom is -0.493 e. The van der Waals surface area contributed by atoms with Gasteiger partial charge in [0.05, 0.1) is 33.7 Å². The van der Waals surface area contributed by atoms with Gasteiger partial charge in [-0.25, -0.2) is 0 Å². The van der Waals surface area contributed by atoms with Gasteiger partial charge >= 0.3 is 11.9 Å². The second-order valence-electron chi connectivity index (χ2n) is 7.11. The van der Waals surface area contributed by atoms with Crippen molar-refractivity contribution >= 4 is 33.3 Å². The first-order chi connectivity index (χ1) is 16.0. The number of hydrogen-bond donors (Lipinski definition) is 0. The molecule has 34 heavy (non-hydrogen) atoms. The Labute approximate surface area is 201 Å². The van der Waals surface area contributed by atoms with E-state index < -0.39 is 28.1 Å². The molecule has 0 aromatic heterocycles. The van der Waals surface area contributed by atoms with Crippen molar-refractivity contribution in [2.24, 2.45) is 0 Å². The number of nitrogens with zero attached hydrogens (tertiary/aromatic N) is 2. The first-order valence-electron chi connectivity index (χ1n) is 9.63. The lowest BCUT2D eigenvalue weighted by Gasteiger charge is -2.14. The van der Waals surface area contributed by atoms with E-state index in [1.807, 2.05) is 31.2 Å². The predicted octanol–water partition coefficient (Wildman–Crippen LogP) is 7.55. The molecule has 0 N–H and O–H groups in total. The van der Waals surface area contributed by atoms with Crippen LogP contribution in [0.5, 0.6) is 17.2 Å². The molecule has 10 heteroatoms. The molecule has 0 radical (unpaired) electrons. The van der Waals surface area contributed by atoms with Crippen LogP contribution in [0.15, 0.2) is 59.1 Å². The van der Waals surface area contributed by atoms with E-state index in [1.165, 1.54) is 7.11 Å². The molecule has 6 nitrogen and oxygen atoms in total. The topological polar surface area (TPSA) is 85.4 Å². The molecule has 0 fully saturated rings. The van der Waals surface area contributed by atoms with Crippen LogP contribution in [-0.2, 0) is 6.18 Å². The van der Waals surface area contributed by atoms with Crippen LogP contribution in [0.2, 0.25) is 0 Å². The molecule has 3 rings (SSSR count). The van der Waals surface area contributed by atoms with Crippen LogP contribution >= 0.6 is 15.9 Å². The van der Waals surface area contributed by atoms with Gasteiger partial charge in [-0.3, -0.25) is 10.1 Å². The molecule has 0 heterocycles. The summed E-state index contributed by atoms with van der Waals surface area (Å²) in [7, 11) is 1.34. The van der Waals surface area contributed by atoms with Crippen molar-refractivity contribution in [1.82, 2.24) is 0 Å². The minimum absolute atomic E-state index is 0.0244. The standard InChI is InChI=1S/C24H16BrF3N2O4/c1-14-3-5-16(6-4-14)17(13-29)9-15-10-19(25)23(22(11-15)33-2)34-21-8-7-18(24(26,27)28)12-20(21)30(31)32/h3-12H,1-2H3/b17-9+. The molecule has 0 aliphatic heterocycles. The summed E-state index contributed by atoms with van der Waals surface area (Å²) in [6, 6.07) is 14.7. The van der Waals surface area contributed by atoms with E-state index in [0.29, 0.717) is 33.3 Å². The average Bonchev–Trinajstić information content (AvgIpc) is 2.78. The van der Waals surface area contributed by atoms with E-state index in [-0.39, 0.29) is 11.5 Å². The number of nitro benzene ring substituents is 1. The number of nitriles is 1. The second kappa shape index (κ2) is 9.97.